The summed E-state index contributed by atoms with van der Waals surface area (Å²) < 4.78 is 0. The molecule has 58 heavy (non-hydrogen) atoms. The minimum Gasteiger partial charge on any atom is -0.228 e. The number of aromatic nitrogens is 5. The highest BCUT2D eigenvalue weighted by atomic mass is 15.0. The second-order valence-corrected chi connectivity index (χ2v) is 14.1. The van der Waals surface area contributed by atoms with Crippen LogP contribution in [0.4, 0.5) is 0 Å². The molecule has 0 unspecified atom stereocenters. The van der Waals surface area contributed by atoms with Crippen molar-refractivity contribution in [3.05, 3.63) is 212 Å². The van der Waals surface area contributed by atoms with E-state index in [9.17, 15) is 0 Å². The maximum atomic E-state index is 5.04. The van der Waals surface area contributed by atoms with Crippen LogP contribution in [-0.2, 0) is 0 Å². The smallest absolute Gasteiger partial charge is 0.164 e. The largest absolute Gasteiger partial charge is 0.228 e. The lowest BCUT2D eigenvalue weighted by Crippen LogP contribution is -2.00. The van der Waals surface area contributed by atoms with Gasteiger partial charge in [0.25, 0.3) is 0 Å². The summed E-state index contributed by atoms with van der Waals surface area (Å²) in [5, 5.41) is 2.37. The molecule has 0 atom stereocenters. The van der Waals surface area contributed by atoms with Crippen LogP contribution in [0.1, 0.15) is 0 Å². The first-order valence-electron chi connectivity index (χ1n) is 19.3. The monoisotopic (exact) mass is 741 g/mol. The minimum atomic E-state index is 0.637. The third-order valence-corrected chi connectivity index (χ3v) is 10.4. The Hall–Kier alpha value is -7.89. The number of rotatable bonds is 8. The quantitative estimate of drug-likeness (QED) is 0.155. The van der Waals surface area contributed by atoms with Gasteiger partial charge in [0.05, 0.1) is 11.4 Å². The molecule has 272 valence electrons. The van der Waals surface area contributed by atoms with Gasteiger partial charge in [0.15, 0.2) is 23.3 Å². The first-order chi connectivity index (χ1) is 28.7. The average molecular weight is 742 g/mol. The highest BCUT2D eigenvalue weighted by Gasteiger charge is 2.15. The molecule has 0 fully saturated rings. The van der Waals surface area contributed by atoms with Crippen molar-refractivity contribution in [2.45, 2.75) is 0 Å². The number of nitrogens with zero attached hydrogens (tertiary/aromatic N) is 5. The highest BCUT2D eigenvalue weighted by molar-refractivity contribution is 6.05. The van der Waals surface area contributed by atoms with Gasteiger partial charge in [-0.1, -0.05) is 206 Å². The molecule has 10 aromatic rings. The van der Waals surface area contributed by atoms with E-state index in [1.54, 1.807) is 0 Å². The SMILES string of the molecule is c1ccc(-c2cc(-c3ccc(-c4ccc(-c5ccc(-c6nc(-c7ccccc7)nc(-c7ccccc7)n6)cc5)c5ccccc45)cc3)nc(-c3ccccc3)n2)cc1. The van der Waals surface area contributed by atoms with E-state index in [0.29, 0.717) is 23.3 Å². The van der Waals surface area contributed by atoms with Crippen LogP contribution in [0.5, 0.6) is 0 Å². The molecule has 0 spiro atoms. The lowest BCUT2D eigenvalue weighted by Gasteiger charge is -2.14. The van der Waals surface area contributed by atoms with E-state index < -0.39 is 0 Å². The van der Waals surface area contributed by atoms with E-state index >= 15 is 0 Å². The van der Waals surface area contributed by atoms with Gasteiger partial charge in [-0.3, -0.25) is 0 Å². The topological polar surface area (TPSA) is 64.5 Å². The van der Waals surface area contributed by atoms with Crippen molar-refractivity contribution < 1.29 is 0 Å². The Morgan fingerprint density at radius 2 is 0.483 bits per heavy atom. The van der Waals surface area contributed by atoms with Crippen LogP contribution in [0, 0.1) is 0 Å². The lowest BCUT2D eigenvalue weighted by molar-refractivity contribution is 1.07. The van der Waals surface area contributed by atoms with Crippen molar-refractivity contribution in [2.75, 3.05) is 0 Å². The van der Waals surface area contributed by atoms with Crippen molar-refractivity contribution in [3.63, 3.8) is 0 Å². The average Bonchev–Trinajstić information content (AvgIpc) is 3.32. The van der Waals surface area contributed by atoms with Gasteiger partial charge in [-0.2, -0.15) is 0 Å². The Kier molecular flexibility index (Phi) is 9.14. The highest BCUT2D eigenvalue weighted by Crippen LogP contribution is 2.37. The zero-order valence-electron chi connectivity index (χ0n) is 31.4. The third kappa shape index (κ3) is 6.93. The molecule has 2 aromatic heterocycles. The Morgan fingerprint density at radius 3 is 0.879 bits per heavy atom. The van der Waals surface area contributed by atoms with Gasteiger partial charge in [0, 0.05) is 33.4 Å². The van der Waals surface area contributed by atoms with Gasteiger partial charge in [-0.15, -0.1) is 0 Å². The summed E-state index contributed by atoms with van der Waals surface area (Å²) in [6.07, 6.45) is 0. The lowest BCUT2D eigenvalue weighted by atomic mass is 9.91. The Morgan fingerprint density at radius 1 is 0.207 bits per heavy atom. The van der Waals surface area contributed by atoms with Gasteiger partial charge in [-0.25, -0.2) is 24.9 Å². The molecule has 8 aromatic carbocycles. The first-order valence-corrected chi connectivity index (χ1v) is 19.3. The molecule has 0 bridgehead atoms. The molecule has 0 amide bonds. The molecule has 0 saturated heterocycles. The molecule has 0 radical (unpaired) electrons. The molecular weight excluding hydrogens is 707 g/mol. The Labute approximate surface area is 337 Å². The molecule has 0 N–H and O–H groups in total. The van der Waals surface area contributed by atoms with Crippen LogP contribution in [0.25, 0.3) is 101 Å². The van der Waals surface area contributed by atoms with Crippen LogP contribution in [-0.4, -0.2) is 24.9 Å². The zero-order chi connectivity index (χ0) is 38.7. The zero-order valence-corrected chi connectivity index (χ0v) is 31.4. The Balaban J connectivity index is 0.983. The van der Waals surface area contributed by atoms with Crippen LogP contribution in [0.15, 0.2) is 212 Å². The van der Waals surface area contributed by atoms with Gasteiger partial charge in [0.2, 0.25) is 0 Å². The number of hydrogen-bond acceptors (Lipinski definition) is 5. The molecule has 0 aliphatic heterocycles. The number of hydrogen-bond donors (Lipinski definition) is 0. The Bertz CT molecular complexity index is 2680. The van der Waals surface area contributed by atoms with Crippen LogP contribution in [0.2, 0.25) is 0 Å². The fraction of sp³-hybridized carbons (Fsp3) is 0. The van der Waals surface area contributed by atoms with Gasteiger partial charge < -0.3 is 0 Å². The van der Waals surface area contributed by atoms with Crippen LogP contribution >= 0.6 is 0 Å². The third-order valence-electron chi connectivity index (χ3n) is 10.4. The van der Waals surface area contributed by atoms with E-state index in [0.717, 1.165) is 61.5 Å². The maximum absolute atomic E-state index is 5.04. The fourth-order valence-electron chi connectivity index (χ4n) is 7.43. The van der Waals surface area contributed by atoms with Crippen molar-refractivity contribution in [1.29, 1.82) is 0 Å². The van der Waals surface area contributed by atoms with E-state index in [1.165, 1.54) is 16.3 Å². The molecule has 0 aliphatic rings. The standard InChI is InChI=1S/C53H35N5/c1-5-15-38(16-6-1)48-35-49(55-50(54-48)40-17-7-2-8-18-40)39-29-25-36(26-30-39)44-33-34-45(47-24-14-13-23-46(44)47)37-27-31-43(32-28-37)53-57-51(41-19-9-3-10-20-41)56-52(58-53)42-21-11-4-12-22-42/h1-35H. The minimum absolute atomic E-state index is 0.637. The van der Waals surface area contributed by atoms with Gasteiger partial charge >= 0.3 is 0 Å². The predicted molar refractivity (Wildman–Crippen MR) is 236 cm³/mol. The van der Waals surface area contributed by atoms with Gasteiger partial charge in [0.1, 0.15) is 0 Å². The summed E-state index contributed by atoms with van der Waals surface area (Å²) in [6, 6.07) is 73.0. The summed E-state index contributed by atoms with van der Waals surface area (Å²) in [4.78, 5) is 24.7. The summed E-state index contributed by atoms with van der Waals surface area (Å²) in [5.41, 5.74) is 12.3. The number of benzene rings is 8. The second kappa shape index (κ2) is 15.3. The molecule has 5 heteroatoms. The molecule has 5 nitrogen and oxygen atoms in total. The van der Waals surface area contributed by atoms with E-state index in [4.69, 9.17) is 24.9 Å². The van der Waals surface area contributed by atoms with E-state index in [-0.39, 0.29) is 0 Å². The summed E-state index contributed by atoms with van der Waals surface area (Å²) in [5.74, 6) is 2.64. The maximum Gasteiger partial charge on any atom is 0.164 e. The van der Waals surface area contributed by atoms with E-state index in [1.807, 2.05) is 97.1 Å². The molecular formula is C53H35N5. The molecule has 0 aliphatic carbocycles. The second-order valence-electron chi connectivity index (χ2n) is 14.1. The van der Waals surface area contributed by atoms with Crippen LogP contribution < -0.4 is 0 Å². The van der Waals surface area contributed by atoms with Crippen molar-refractivity contribution >= 4 is 10.8 Å². The molecule has 10 rings (SSSR count). The summed E-state index contributed by atoms with van der Waals surface area (Å²) >= 11 is 0. The fourth-order valence-corrected chi connectivity index (χ4v) is 7.43. The van der Waals surface area contributed by atoms with Gasteiger partial charge in [-0.05, 0) is 39.1 Å². The van der Waals surface area contributed by atoms with E-state index in [2.05, 4.69) is 115 Å². The van der Waals surface area contributed by atoms with Crippen molar-refractivity contribution in [1.82, 2.24) is 24.9 Å². The normalized spacial score (nSPS) is 11.1. The number of fused-ring (bicyclic) bond motifs is 1. The molecule has 0 saturated carbocycles. The molecule has 2 heterocycles. The summed E-state index contributed by atoms with van der Waals surface area (Å²) in [7, 11) is 0. The van der Waals surface area contributed by atoms with Crippen LogP contribution in [0.3, 0.4) is 0 Å². The summed E-state index contributed by atoms with van der Waals surface area (Å²) in [6.45, 7) is 0. The predicted octanol–water partition coefficient (Wildman–Crippen LogP) is 13.2. The first kappa shape index (κ1) is 34.6. The van der Waals surface area contributed by atoms with Crippen molar-refractivity contribution in [2.24, 2.45) is 0 Å². The van der Waals surface area contributed by atoms with Crippen molar-refractivity contribution in [3.8, 4) is 90.3 Å².